The molecule has 0 radical (unpaired) electrons. The van der Waals surface area contributed by atoms with Gasteiger partial charge in [0.25, 0.3) is 0 Å². The van der Waals surface area contributed by atoms with Crippen LogP contribution in [0.5, 0.6) is 0 Å². The second-order valence-electron chi connectivity index (χ2n) is 12.9. The molecule has 0 aliphatic rings. The summed E-state index contributed by atoms with van der Waals surface area (Å²) in [5.41, 5.74) is 9.33. The number of carbonyl (C=O) groups is 2. The molecular weight excluding hydrogens is 536 g/mol. The van der Waals surface area contributed by atoms with Gasteiger partial charge < -0.3 is 16.6 Å². The molecular formula is C36H72N4O3. The zero-order chi connectivity index (χ0) is 31.9. The number of nitrogens with one attached hydrogen (secondary N) is 1. The number of aliphatic carboxylic acids is 1. The lowest BCUT2D eigenvalue weighted by Gasteiger charge is -2.29. The summed E-state index contributed by atoms with van der Waals surface area (Å²) < 4.78 is 0. The van der Waals surface area contributed by atoms with Crippen LogP contribution in [0.4, 0.5) is 0 Å². The van der Waals surface area contributed by atoms with Gasteiger partial charge in [0.05, 0.1) is 0 Å². The maximum absolute atomic E-state index is 13.3. The highest BCUT2D eigenvalue weighted by molar-refractivity contribution is 6.07. The smallest absolute Gasteiger partial charge is 0.331 e. The minimum Gasteiger partial charge on any atom is -0.480 e. The Morgan fingerprint density at radius 1 is 0.581 bits per heavy atom. The van der Waals surface area contributed by atoms with E-state index in [1.54, 1.807) is 0 Å². The van der Waals surface area contributed by atoms with Crippen LogP contribution in [0.1, 0.15) is 194 Å². The molecule has 0 amide bonds. The molecule has 0 fully saturated rings. The van der Waals surface area contributed by atoms with E-state index >= 15 is 0 Å². The zero-order valence-corrected chi connectivity index (χ0v) is 28.6. The van der Waals surface area contributed by atoms with Crippen LogP contribution in [-0.4, -0.2) is 41.4 Å². The molecule has 0 bridgehead atoms. The number of rotatable bonds is 34. The molecule has 0 aromatic rings. The van der Waals surface area contributed by atoms with Gasteiger partial charge in [-0.25, -0.2) is 4.79 Å². The number of aliphatic imine (C=N–C) groups is 1. The fourth-order valence-corrected chi connectivity index (χ4v) is 5.97. The van der Waals surface area contributed by atoms with E-state index in [0.717, 1.165) is 38.5 Å². The lowest BCUT2D eigenvalue weighted by Crippen LogP contribution is -2.58. The summed E-state index contributed by atoms with van der Waals surface area (Å²) in [6.07, 6.45) is 32.2. The minimum absolute atomic E-state index is 0.0110. The van der Waals surface area contributed by atoms with Crippen molar-refractivity contribution in [1.29, 1.82) is 0 Å². The second-order valence-corrected chi connectivity index (χ2v) is 12.9. The molecule has 6 N–H and O–H groups in total. The van der Waals surface area contributed by atoms with E-state index in [4.69, 9.17) is 11.5 Å². The predicted molar refractivity (Wildman–Crippen MR) is 185 cm³/mol. The Balaban J connectivity index is 4.30. The highest BCUT2D eigenvalue weighted by atomic mass is 16.4. The zero-order valence-electron chi connectivity index (χ0n) is 28.6. The minimum atomic E-state index is -1.55. The lowest BCUT2D eigenvalue weighted by molar-refractivity contribution is -0.150. The summed E-state index contributed by atoms with van der Waals surface area (Å²) in [4.78, 5) is 29.8. The first kappa shape index (κ1) is 41.4. The molecule has 254 valence electrons. The second kappa shape index (κ2) is 30.4. The van der Waals surface area contributed by atoms with Gasteiger partial charge in [0.2, 0.25) is 0 Å². The fraction of sp³-hybridized carbons (Fsp3) is 0.917. The fourth-order valence-electron chi connectivity index (χ4n) is 5.97. The maximum atomic E-state index is 13.3. The number of guanidine groups is 1. The van der Waals surface area contributed by atoms with Crippen LogP contribution in [0.15, 0.2) is 4.99 Å². The van der Waals surface area contributed by atoms with Gasteiger partial charge in [0.15, 0.2) is 17.3 Å². The Bertz CT molecular complexity index is 681. The quantitative estimate of drug-likeness (QED) is 0.0249. The molecule has 0 spiro atoms. The molecule has 0 saturated heterocycles. The van der Waals surface area contributed by atoms with E-state index in [0.29, 0.717) is 25.9 Å². The van der Waals surface area contributed by atoms with Gasteiger partial charge in [-0.1, -0.05) is 162 Å². The van der Waals surface area contributed by atoms with Crippen molar-refractivity contribution in [2.75, 3.05) is 13.1 Å². The van der Waals surface area contributed by atoms with E-state index in [1.165, 1.54) is 122 Å². The largest absolute Gasteiger partial charge is 0.480 e. The van der Waals surface area contributed by atoms with E-state index in [9.17, 15) is 14.7 Å². The Morgan fingerprint density at radius 3 is 1.33 bits per heavy atom. The van der Waals surface area contributed by atoms with Crippen LogP contribution in [0, 0.1) is 0 Å². The normalized spacial score (nSPS) is 12.7. The third-order valence-electron chi connectivity index (χ3n) is 8.81. The van der Waals surface area contributed by atoms with Gasteiger partial charge in [-0.05, 0) is 32.2 Å². The van der Waals surface area contributed by atoms with E-state index < -0.39 is 11.5 Å². The molecule has 0 aliphatic carbocycles. The van der Waals surface area contributed by atoms with Gasteiger partial charge in [0.1, 0.15) is 0 Å². The Hall–Kier alpha value is -1.63. The summed E-state index contributed by atoms with van der Waals surface area (Å²) in [7, 11) is 0. The van der Waals surface area contributed by atoms with Crippen molar-refractivity contribution in [1.82, 2.24) is 5.32 Å². The number of carbonyl (C=O) groups excluding carboxylic acids is 1. The number of hydrogen-bond acceptors (Lipinski definition) is 4. The average Bonchev–Trinajstić information content (AvgIpc) is 2.98. The van der Waals surface area contributed by atoms with Crippen molar-refractivity contribution in [2.45, 2.75) is 199 Å². The molecule has 0 aromatic heterocycles. The molecule has 0 unspecified atom stereocenters. The standard InChI is InChI=1S/C36H72N4O3/c1-3-5-7-9-11-13-14-15-16-17-18-19-21-23-25-27-32-40-36(34(42)43,30-28-31-39-35(37)38)33(41)29-26-24-22-20-12-10-8-6-4-2/h40H,3-32H2,1-2H3,(H,42,43)(H4,37,38,39)/t36-/m1/s1. The summed E-state index contributed by atoms with van der Waals surface area (Å²) in [5, 5.41) is 13.4. The van der Waals surface area contributed by atoms with Crippen LogP contribution in [0.25, 0.3) is 0 Å². The molecule has 0 aromatic carbocycles. The summed E-state index contributed by atoms with van der Waals surface area (Å²) >= 11 is 0. The number of Topliss-reactive ketones (excluding diaryl/α,β-unsaturated/α-hetero) is 1. The number of hydrogen-bond donors (Lipinski definition) is 4. The van der Waals surface area contributed by atoms with Gasteiger partial charge in [0, 0.05) is 13.0 Å². The molecule has 0 aliphatic heterocycles. The van der Waals surface area contributed by atoms with Gasteiger partial charge >= 0.3 is 5.97 Å². The van der Waals surface area contributed by atoms with Crippen molar-refractivity contribution >= 4 is 17.7 Å². The first-order valence-corrected chi connectivity index (χ1v) is 18.5. The van der Waals surface area contributed by atoms with Crippen LogP contribution in [-0.2, 0) is 9.59 Å². The van der Waals surface area contributed by atoms with Crippen molar-refractivity contribution in [2.24, 2.45) is 16.5 Å². The van der Waals surface area contributed by atoms with Crippen LogP contribution in [0.3, 0.4) is 0 Å². The van der Waals surface area contributed by atoms with Crippen molar-refractivity contribution in [3.63, 3.8) is 0 Å². The van der Waals surface area contributed by atoms with Crippen LogP contribution in [0.2, 0.25) is 0 Å². The van der Waals surface area contributed by atoms with Crippen LogP contribution >= 0.6 is 0 Å². The van der Waals surface area contributed by atoms with Crippen LogP contribution < -0.4 is 16.8 Å². The van der Waals surface area contributed by atoms with Crippen molar-refractivity contribution in [3.8, 4) is 0 Å². The highest BCUT2D eigenvalue weighted by Gasteiger charge is 2.44. The molecule has 0 saturated carbocycles. The number of carboxylic acid groups (broad SMARTS) is 1. The lowest BCUT2D eigenvalue weighted by atomic mass is 9.85. The molecule has 7 heteroatoms. The third-order valence-corrected chi connectivity index (χ3v) is 8.81. The van der Waals surface area contributed by atoms with Crippen molar-refractivity contribution in [3.05, 3.63) is 0 Å². The van der Waals surface area contributed by atoms with E-state index in [-0.39, 0.29) is 18.2 Å². The van der Waals surface area contributed by atoms with E-state index in [2.05, 4.69) is 24.2 Å². The maximum Gasteiger partial charge on any atom is 0.331 e. The Kier molecular flexibility index (Phi) is 29.2. The number of nitrogens with two attached hydrogens (primary N) is 2. The monoisotopic (exact) mass is 609 g/mol. The SMILES string of the molecule is CCCCCCCCCCCCCCCCCCN[C@@](CCCN=C(N)N)(C(=O)O)C(=O)CCCCCCCCCCC. The molecule has 0 heterocycles. The molecule has 43 heavy (non-hydrogen) atoms. The third kappa shape index (κ3) is 24.4. The summed E-state index contributed by atoms with van der Waals surface area (Å²) in [6.45, 7) is 5.36. The van der Waals surface area contributed by atoms with Gasteiger partial charge in [-0.2, -0.15) is 0 Å². The number of carboxylic acids is 1. The summed E-state index contributed by atoms with van der Waals surface area (Å²) in [6, 6.07) is 0. The number of unbranched alkanes of at least 4 members (excludes halogenated alkanes) is 23. The first-order valence-electron chi connectivity index (χ1n) is 18.5. The van der Waals surface area contributed by atoms with E-state index in [1.807, 2.05) is 0 Å². The first-order chi connectivity index (χ1) is 20.9. The Labute approximate surface area is 266 Å². The average molecular weight is 609 g/mol. The number of nitrogens with zero attached hydrogens (tertiary/aromatic N) is 1. The number of ketones is 1. The summed E-state index contributed by atoms with van der Waals surface area (Å²) in [5.74, 6) is -1.29. The molecule has 0 rings (SSSR count). The Morgan fingerprint density at radius 2 is 0.953 bits per heavy atom. The topological polar surface area (TPSA) is 131 Å². The molecule has 7 nitrogen and oxygen atoms in total. The highest BCUT2D eigenvalue weighted by Crippen LogP contribution is 2.21. The molecule has 1 atom stereocenters. The van der Waals surface area contributed by atoms with Crippen molar-refractivity contribution < 1.29 is 14.7 Å². The van der Waals surface area contributed by atoms with Gasteiger partial charge in [-0.15, -0.1) is 0 Å². The van der Waals surface area contributed by atoms with Gasteiger partial charge in [-0.3, -0.25) is 15.1 Å². The predicted octanol–water partition coefficient (Wildman–Crippen LogP) is 9.20.